The summed E-state index contributed by atoms with van der Waals surface area (Å²) in [5.41, 5.74) is 1.74. The number of benzene rings is 1. The minimum Gasteiger partial charge on any atom is -0.395 e. The third kappa shape index (κ3) is 2.59. The maximum Gasteiger partial charge on any atom is 0.159 e. The van der Waals surface area contributed by atoms with E-state index in [1.54, 1.807) is 30.1 Å². The van der Waals surface area contributed by atoms with Crippen molar-refractivity contribution in [3.8, 4) is 6.07 Å². The molecule has 0 aliphatic heterocycles. The molecule has 0 atom stereocenters. The van der Waals surface area contributed by atoms with Crippen LogP contribution < -0.4 is 4.90 Å². The Hall–Kier alpha value is -1.86. The molecule has 0 heterocycles. The maximum absolute atomic E-state index is 11.2. The Kier molecular flexibility index (Phi) is 4.03. The average Bonchev–Trinajstić information content (AvgIpc) is 2.28. The zero-order valence-electron chi connectivity index (χ0n) is 9.40. The second-order valence-electron chi connectivity index (χ2n) is 3.55. The molecular formula is C12H14N2O2. The third-order valence-corrected chi connectivity index (χ3v) is 2.37. The van der Waals surface area contributed by atoms with Crippen molar-refractivity contribution in [3.63, 3.8) is 0 Å². The fourth-order valence-electron chi connectivity index (χ4n) is 1.43. The molecule has 0 aromatic heterocycles. The third-order valence-electron chi connectivity index (χ3n) is 2.37. The van der Waals surface area contributed by atoms with Crippen LogP contribution in [-0.2, 0) is 0 Å². The highest BCUT2D eigenvalue weighted by Crippen LogP contribution is 2.20. The van der Waals surface area contributed by atoms with E-state index in [0.717, 1.165) is 0 Å². The van der Waals surface area contributed by atoms with Crippen molar-refractivity contribution >= 4 is 11.5 Å². The molecule has 0 bridgehead atoms. The molecule has 0 aliphatic carbocycles. The first-order valence-electron chi connectivity index (χ1n) is 4.97. The van der Waals surface area contributed by atoms with Crippen LogP contribution in [0.15, 0.2) is 18.2 Å². The number of hydrogen-bond acceptors (Lipinski definition) is 4. The van der Waals surface area contributed by atoms with E-state index in [9.17, 15) is 4.79 Å². The van der Waals surface area contributed by atoms with Gasteiger partial charge in [0.15, 0.2) is 5.78 Å². The minimum absolute atomic E-state index is 0.00562. The van der Waals surface area contributed by atoms with Crippen LogP contribution in [0.3, 0.4) is 0 Å². The van der Waals surface area contributed by atoms with Gasteiger partial charge in [-0.15, -0.1) is 0 Å². The summed E-state index contributed by atoms with van der Waals surface area (Å²) in [5, 5.41) is 17.8. The van der Waals surface area contributed by atoms with E-state index in [1.165, 1.54) is 6.92 Å². The fourth-order valence-corrected chi connectivity index (χ4v) is 1.43. The highest BCUT2D eigenvalue weighted by molar-refractivity contribution is 5.95. The molecule has 0 fully saturated rings. The van der Waals surface area contributed by atoms with Gasteiger partial charge < -0.3 is 10.0 Å². The first-order chi connectivity index (χ1) is 7.60. The predicted molar refractivity (Wildman–Crippen MR) is 61.5 cm³/mol. The number of carbonyl (C=O) groups is 1. The van der Waals surface area contributed by atoms with Crippen LogP contribution in [0.4, 0.5) is 5.69 Å². The molecule has 16 heavy (non-hydrogen) atoms. The molecule has 1 rings (SSSR count). The quantitative estimate of drug-likeness (QED) is 0.771. The summed E-state index contributed by atoms with van der Waals surface area (Å²) in [4.78, 5) is 13.0. The SMILES string of the molecule is CC(=O)c1ccc(C#N)c(N(C)CCO)c1. The van der Waals surface area contributed by atoms with E-state index in [1.807, 2.05) is 0 Å². The number of aliphatic hydroxyl groups excluding tert-OH is 1. The Morgan fingerprint density at radius 3 is 2.75 bits per heavy atom. The normalized spacial score (nSPS) is 9.62. The Labute approximate surface area is 94.7 Å². The van der Waals surface area contributed by atoms with Gasteiger partial charge in [0.1, 0.15) is 6.07 Å². The molecule has 0 radical (unpaired) electrons. The van der Waals surface area contributed by atoms with Gasteiger partial charge in [-0.2, -0.15) is 5.26 Å². The van der Waals surface area contributed by atoms with Crippen LogP contribution in [0.25, 0.3) is 0 Å². The predicted octanol–water partition coefficient (Wildman–Crippen LogP) is 1.19. The Bertz CT molecular complexity index is 435. The van der Waals surface area contributed by atoms with Gasteiger partial charge in [-0.1, -0.05) is 0 Å². The van der Waals surface area contributed by atoms with Crippen LogP contribution in [0, 0.1) is 11.3 Å². The minimum atomic E-state index is -0.0388. The molecule has 0 saturated carbocycles. The van der Waals surface area contributed by atoms with Crippen LogP contribution in [0.2, 0.25) is 0 Å². The molecule has 0 spiro atoms. The number of nitriles is 1. The lowest BCUT2D eigenvalue weighted by atomic mass is 10.1. The van der Waals surface area contributed by atoms with Crippen LogP contribution in [0.5, 0.6) is 0 Å². The zero-order valence-corrected chi connectivity index (χ0v) is 9.40. The standard InChI is InChI=1S/C12H14N2O2/c1-9(16)10-3-4-11(8-13)12(7-10)14(2)5-6-15/h3-4,7,15H,5-6H2,1-2H3. The molecule has 4 heteroatoms. The van der Waals surface area contributed by atoms with E-state index in [4.69, 9.17) is 10.4 Å². The number of hydrogen-bond donors (Lipinski definition) is 1. The van der Waals surface area contributed by atoms with E-state index in [2.05, 4.69) is 6.07 Å². The first kappa shape index (κ1) is 12.2. The second kappa shape index (κ2) is 5.29. The van der Waals surface area contributed by atoms with Gasteiger partial charge >= 0.3 is 0 Å². The van der Waals surface area contributed by atoms with Gasteiger partial charge in [0.2, 0.25) is 0 Å². The summed E-state index contributed by atoms with van der Waals surface area (Å²) in [5.74, 6) is -0.0388. The van der Waals surface area contributed by atoms with Crippen LogP contribution in [-0.4, -0.2) is 31.1 Å². The Morgan fingerprint density at radius 1 is 1.56 bits per heavy atom. The summed E-state index contributed by atoms with van der Waals surface area (Å²) >= 11 is 0. The van der Waals surface area contributed by atoms with E-state index in [0.29, 0.717) is 23.4 Å². The van der Waals surface area contributed by atoms with Gasteiger partial charge in [0, 0.05) is 19.2 Å². The van der Waals surface area contributed by atoms with Gasteiger partial charge in [-0.25, -0.2) is 0 Å². The summed E-state index contributed by atoms with van der Waals surface area (Å²) in [6, 6.07) is 7.00. The number of anilines is 1. The average molecular weight is 218 g/mol. The summed E-state index contributed by atoms with van der Waals surface area (Å²) < 4.78 is 0. The van der Waals surface area contributed by atoms with Crippen molar-refractivity contribution < 1.29 is 9.90 Å². The smallest absolute Gasteiger partial charge is 0.159 e. The van der Waals surface area contributed by atoms with Crippen LogP contribution >= 0.6 is 0 Å². The number of rotatable bonds is 4. The van der Waals surface area contributed by atoms with Crippen molar-refractivity contribution in [2.75, 3.05) is 25.1 Å². The molecule has 1 aromatic rings. The van der Waals surface area contributed by atoms with Gasteiger partial charge in [-0.05, 0) is 25.1 Å². The maximum atomic E-state index is 11.2. The van der Waals surface area contributed by atoms with E-state index < -0.39 is 0 Å². The first-order valence-corrected chi connectivity index (χ1v) is 4.97. The van der Waals surface area contributed by atoms with Crippen molar-refractivity contribution in [2.45, 2.75) is 6.92 Å². The van der Waals surface area contributed by atoms with Crippen molar-refractivity contribution in [3.05, 3.63) is 29.3 Å². The molecule has 84 valence electrons. The van der Waals surface area contributed by atoms with E-state index >= 15 is 0 Å². The largest absolute Gasteiger partial charge is 0.395 e. The lowest BCUT2D eigenvalue weighted by Gasteiger charge is -2.19. The molecule has 0 aliphatic rings. The summed E-state index contributed by atoms with van der Waals surface area (Å²) in [6.45, 7) is 1.92. The molecule has 0 unspecified atom stereocenters. The molecule has 0 saturated heterocycles. The number of Topliss-reactive ketones (excluding diaryl/α,β-unsaturated/α-hetero) is 1. The lowest BCUT2D eigenvalue weighted by Crippen LogP contribution is -2.22. The van der Waals surface area contributed by atoms with Crippen molar-refractivity contribution in [1.29, 1.82) is 5.26 Å². The Balaban J connectivity index is 3.17. The Morgan fingerprint density at radius 2 is 2.25 bits per heavy atom. The highest BCUT2D eigenvalue weighted by atomic mass is 16.3. The molecule has 0 amide bonds. The molecular weight excluding hydrogens is 204 g/mol. The van der Waals surface area contributed by atoms with Gasteiger partial charge in [0.25, 0.3) is 0 Å². The highest BCUT2D eigenvalue weighted by Gasteiger charge is 2.09. The number of ketones is 1. The number of nitrogens with zero attached hydrogens (tertiary/aromatic N) is 2. The monoisotopic (exact) mass is 218 g/mol. The van der Waals surface area contributed by atoms with Crippen molar-refractivity contribution in [1.82, 2.24) is 0 Å². The second-order valence-corrected chi connectivity index (χ2v) is 3.55. The van der Waals surface area contributed by atoms with Crippen LogP contribution in [0.1, 0.15) is 22.8 Å². The van der Waals surface area contributed by atoms with Gasteiger partial charge in [0.05, 0.1) is 17.9 Å². The number of aliphatic hydroxyl groups is 1. The van der Waals surface area contributed by atoms with Crippen molar-refractivity contribution in [2.24, 2.45) is 0 Å². The molecule has 4 nitrogen and oxygen atoms in total. The summed E-state index contributed by atoms with van der Waals surface area (Å²) in [6.07, 6.45) is 0. The topological polar surface area (TPSA) is 64.3 Å². The fraction of sp³-hybridized carbons (Fsp3) is 0.333. The number of carbonyl (C=O) groups excluding carboxylic acids is 1. The summed E-state index contributed by atoms with van der Waals surface area (Å²) in [7, 11) is 1.77. The molecule has 1 N–H and O–H groups in total. The lowest BCUT2D eigenvalue weighted by molar-refractivity contribution is 0.101. The van der Waals surface area contributed by atoms with E-state index in [-0.39, 0.29) is 12.4 Å². The number of likely N-dealkylation sites (N-methyl/N-ethyl adjacent to an activating group) is 1. The van der Waals surface area contributed by atoms with Gasteiger partial charge in [-0.3, -0.25) is 4.79 Å². The zero-order chi connectivity index (χ0) is 12.1. The molecule has 1 aromatic carbocycles.